The van der Waals surface area contributed by atoms with Crippen LogP contribution in [0.25, 0.3) is 11.3 Å². The molecule has 0 aliphatic heterocycles. The smallest absolute Gasteiger partial charge is 0.182 e. The molecule has 4 heteroatoms. The van der Waals surface area contributed by atoms with Crippen LogP contribution in [0.15, 0.2) is 42.5 Å². The van der Waals surface area contributed by atoms with Gasteiger partial charge >= 0.3 is 0 Å². The third kappa shape index (κ3) is 2.09. The summed E-state index contributed by atoms with van der Waals surface area (Å²) in [5.74, 6) is 0.456. The van der Waals surface area contributed by atoms with Crippen LogP contribution < -0.4 is 5.32 Å². The van der Waals surface area contributed by atoms with Crippen molar-refractivity contribution >= 4 is 5.82 Å². The Kier molecular flexibility index (Phi) is 2.56. The molecule has 0 fully saturated rings. The Morgan fingerprint density at radius 1 is 1.00 bits per heavy atom. The monoisotopic (exact) mass is 196 g/mol. The summed E-state index contributed by atoms with van der Waals surface area (Å²) in [7, 11) is 0. The van der Waals surface area contributed by atoms with Gasteiger partial charge in [-0.15, -0.1) is 10.2 Å². The van der Waals surface area contributed by atoms with E-state index in [1.807, 2.05) is 36.4 Å². The standard InChI is InChI=1S/C11H8N4/c12-8-13-11-7-6-10(14-15-11)9-4-2-1-3-5-9/h1-7H,(H,13,15). The van der Waals surface area contributed by atoms with Crippen molar-refractivity contribution < 1.29 is 0 Å². The van der Waals surface area contributed by atoms with E-state index in [-0.39, 0.29) is 0 Å². The lowest BCUT2D eigenvalue weighted by Gasteiger charge is -1.99. The van der Waals surface area contributed by atoms with Crippen LogP contribution in [0.5, 0.6) is 0 Å². The lowest BCUT2D eigenvalue weighted by molar-refractivity contribution is 1.04. The van der Waals surface area contributed by atoms with E-state index >= 15 is 0 Å². The number of nitriles is 1. The Morgan fingerprint density at radius 3 is 2.40 bits per heavy atom. The van der Waals surface area contributed by atoms with Crippen LogP contribution in [0.2, 0.25) is 0 Å². The maximum absolute atomic E-state index is 8.38. The number of nitrogens with zero attached hydrogens (tertiary/aromatic N) is 3. The Labute approximate surface area is 87.2 Å². The molecule has 4 nitrogen and oxygen atoms in total. The summed E-state index contributed by atoms with van der Waals surface area (Å²) < 4.78 is 0. The molecule has 0 atom stereocenters. The third-order valence-corrected chi connectivity index (χ3v) is 1.92. The van der Waals surface area contributed by atoms with Gasteiger partial charge in [0.05, 0.1) is 5.69 Å². The van der Waals surface area contributed by atoms with Crippen molar-refractivity contribution in [2.45, 2.75) is 0 Å². The first kappa shape index (κ1) is 9.16. The van der Waals surface area contributed by atoms with E-state index in [1.165, 1.54) is 0 Å². The molecule has 0 radical (unpaired) electrons. The molecule has 2 aromatic rings. The first-order chi connectivity index (χ1) is 7.40. The van der Waals surface area contributed by atoms with Gasteiger partial charge in [0.25, 0.3) is 0 Å². The van der Waals surface area contributed by atoms with Crippen molar-refractivity contribution in [3.05, 3.63) is 42.5 Å². The summed E-state index contributed by atoms with van der Waals surface area (Å²) >= 11 is 0. The lowest BCUT2D eigenvalue weighted by Crippen LogP contribution is -1.94. The van der Waals surface area contributed by atoms with E-state index < -0.39 is 0 Å². The molecule has 0 saturated heterocycles. The van der Waals surface area contributed by atoms with Crippen LogP contribution in [-0.4, -0.2) is 10.2 Å². The van der Waals surface area contributed by atoms with Crippen molar-refractivity contribution in [3.8, 4) is 17.5 Å². The maximum atomic E-state index is 8.38. The van der Waals surface area contributed by atoms with Gasteiger partial charge in [-0.2, -0.15) is 5.26 Å². The SMILES string of the molecule is N#CNc1ccc(-c2ccccc2)nn1. The summed E-state index contributed by atoms with van der Waals surface area (Å²) in [6.45, 7) is 0. The molecule has 1 heterocycles. The summed E-state index contributed by atoms with van der Waals surface area (Å²) in [5, 5.41) is 18.7. The van der Waals surface area contributed by atoms with Crippen LogP contribution in [0.1, 0.15) is 0 Å². The number of hydrogen-bond donors (Lipinski definition) is 1. The van der Waals surface area contributed by atoms with Crippen molar-refractivity contribution in [1.29, 1.82) is 5.26 Å². The molecule has 72 valence electrons. The minimum Gasteiger partial charge on any atom is -0.275 e. The first-order valence-corrected chi connectivity index (χ1v) is 4.44. The van der Waals surface area contributed by atoms with Gasteiger partial charge in [0.2, 0.25) is 0 Å². The Hall–Kier alpha value is -2.41. The fourth-order valence-corrected chi connectivity index (χ4v) is 1.22. The fourth-order valence-electron chi connectivity index (χ4n) is 1.22. The van der Waals surface area contributed by atoms with Gasteiger partial charge in [-0.25, -0.2) is 0 Å². The lowest BCUT2D eigenvalue weighted by atomic mass is 10.1. The van der Waals surface area contributed by atoms with Crippen molar-refractivity contribution in [2.75, 3.05) is 5.32 Å². The van der Waals surface area contributed by atoms with Gasteiger partial charge in [-0.3, -0.25) is 5.32 Å². The zero-order chi connectivity index (χ0) is 10.5. The zero-order valence-electron chi connectivity index (χ0n) is 7.88. The molecule has 0 aliphatic rings. The minimum absolute atomic E-state index is 0.456. The number of benzene rings is 1. The van der Waals surface area contributed by atoms with Crippen LogP contribution in [0.4, 0.5) is 5.82 Å². The summed E-state index contributed by atoms with van der Waals surface area (Å²) in [6.07, 6.45) is 1.79. The molecule has 0 aliphatic carbocycles. The van der Waals surface area contributed by atoms with Crippen LogP contribution >= 0.6 is 0 Å². The maximum Gasteiger partial charge on any atom is 0.182 e. The molecule has 0 unspecified atom stereocenters. The van der Waals surface area contributed by atoms with Gasteiger partial charge in [-0.1, -0.05) is 30.3 Å². The Morgan fingerprint density at radius 2 is 1.80 bits per heavy atom. The van der Waals surface area contributed by atoms with Gasteiger partial charge < -0.3 is 0 Å². The molecule has 15 heavy (non-hydrogen) atoms. The van der Waals surface area contributed by atoms with Crippen LogP contribution in [0.3, 0.4) is 0 Å². The molecule has 0 amide bonds. The molecule has 1 aromatic heterocycles. The predicted molar refractivity (Wildman–Crippen MR) is 56.7 cm³/mol. The molecular weight excluding hydrogens is 188 g/mol. The van der Waals surface area contributed by atoms with Crippen molar-refractivity contribution in [2.24, 2.45) is 0 Å². The Balaban J connectivity index is 2.29. The van der Waals surface area contributed by atoms with Gasteiger partial charge in [0.1, 0.15) is 0 Å². The summed E-state index contributed by atoms with van der Waals surface area (Å²) in [6, 6.07) is 13.3. The Bertz CT molecular complexity index is 470. The predicted octanol–water partition coefficient (Wildman–Crippen LogP) is 2.04. The number of anilines is 1. The zero-order valence-corrected chi connectivity index (χ0v) is 7.88. The quantitative estimate of drug-likeness (QED) is 0.589. The second-order valence-corrected chi connectivity index (χ2v) is 2.91. The van der Waals surface area contributed by atoms with Crippen LogP contribution in [0, 0.1) is 11.5 Å². The van der Waals surface area contributed by atoms with E-state index in [0.29, 0.717) is 5.82 Å². The second-order valence-electron chi connectivity index (χ2n) is 2.91. The fraction of sp³-hybridized carbons (Fsp3) is 0. The molecule has 0 spiro atoms. The minimum atomic E-state index is 0.456. The highest BCUT2D eigenvalue weighted by atomic mass is 15.2. The van der Waals surface area contributed by atoms with E-state index in [9.17, 15) is 0 Å². The number of hydrogen-bond acceptors (Lipinski definition) is 4. The van der Waals surface area contributed by atoms with Crippen molar-refractivity contribution in [1.82, 2.24) is 10.2 Å². The average Bonchev–Trinajstić information content (AvgIpc) is 2.32. The largest absolute Gasteiger partial charge is 0.275 e. The highest BCUT2D eigenvalue weighted by Gasteiger charge is 1.99. The van der Waals surface area contributed by atoms with E-state index in [1.54, 1.807) is 12.3 Å². The van der Waals surface area contributed by atoms with Gasteiger partial charge in [-0.05, 0) is 12.1 Å². The number of aromatic nitrogens is 2. The average molecular weight is 196 g/mol. The van der Waals surface area contributed by atoms with Crippen molar-refractivity contribution in [3.63, 3.8) is 0 Å². The molecule has 0 saturated carbocycles. The molecular formula is C11H8N4. The van der Waals surface area contributed by atoms with Gasteiger partial charge in [0, 0.05) is 5.56 Å². The highest BCUT2D eigenvalue weighted by molar-refractivity contribution is 5.59. The molecule has 1 N–H and O–H groups in total. The summed E-state index contributed by atoms with van der Waals surface area (Å²) in [5.41, 5.74) is 1.80. The molecule has 1 aromatic carbocycles. The third-order valence-electron chi connectivity index (χ3n) is 1.92. The first-order valence-electron chi connectivity index (χ1n) is 4.44. The topological polar surface area (TPSA) is 61.6 Å². The van der Waals surface area contributed by atoms with E-state index in [2.05, 4.69) is 15.5 Å². The number of nitrogens with one attached hydrogen (secondary N) is 1. The molecule has 2 rings (SSSR count). The number of rotatable bonds is 2. The highest BCUT2D eigenvalue weighted by Crippen LogP contribution is 2.15. The normalized spacial score (nSPS) is 9.27. The van der Waals surface area contributed by atoms with Gasteiger partial charge in [0.15, 0.2) is 12.0 Å². The summed E-state index contributed by atoms with van der Waals surface area (Å²) in [4.78, 5) is 0. The van der Waals surface area contributed by atoms with E-state index in [0.717, 1.165) is 11.3 Å². The second kappa shape index (κ2) is 4.20. The van der Waals surface area contributed by atoms with E-state index in [4.69, 9.17) is 5.26 Å². The van der Waals surface area contributed by atoms with Crippen LogP contribution in [-0.2, 0) is 0 Å². The molecule has 0 bridgehead atoms.